The number of anilines is 1. The number of amides is 1. The van der Waals surface area contributed by atoms with Crippen LogP contribution < -0.4 is 10.2 Å². The molecule has 3 rings (SSSR count). The highest BCUT2D eigenvalue weighted by Crippen LogP contribution is 2.21. The number of likely N-dealkylation sites (N-methyl/N-ethyl adjacent to an activating group) is 1. The normalized spacial score (nSPS) is 10.4. The first kappa shape index (κ1) is 18.9. The van der Waals surface area contributed by atoms with E-state index in [1.807, 2.05) is 60.5 Å². The molecule has 0 bridgehead atoms. The molecule has 3 aromatic rings. The van der Waals surface area contributed by atoms with Gasteiger partial charge in [-0.2, -0.15) is 0 Å². The zero-order valence-corrected chi connectivity index (χ0v) is 15.9. The predicted molar refractivity (Wildman–Crippen MR) is 109 cm³/mol. The van der Waals surface area contributed by atoms with E-state index >= 15 is 0 Å². The number of nitrogens with one attached hydrogen (secondary N) is 1. The second-order valence-corrected chi connectivity index (χ2v) is 6.40. The van der Waals surface area contributed by atoms with Crippen LogP contribution in [0.3, 0.4) is 0 Å². The average Bonchev–Trinajstić information content (AvgIpc) is 2.74. The van der Waals surface area contributed by atoms with Crippen molar-refractivity contribution in [2.75, 3.05) is 25.0 Å². The summed E-state index contributed by atoms with van der Waals surface area (Å²) >= 11 is 5.82. The average molecular weight is 381 g/mol. The molecular weight excluding hydrogens is 360 g/mol. The van der Waals surface area contributed by atoms with E-state index in [1.54, 1.807) is 18.5 Å². The molecule has 1 N–H and O–H groups in total. The van der Waals surface area contributed by atoms with Crippen LogP contribution in [-0.2, 0) is 5.88 Å². The van der Waals surface area contributed by atoms with Crippen molar-refractivity contribution in [3.8, 4) is 11.1 Å². The molecule has 0 spiro atoms. The molecule has 6 heteroatoms. The number of hydrogen-bond donors (Lipinski definition) is 1. The Morgan fingerprint density at radius 2 is 1.59 bits per heavy atom. The zero-order valence-electron chi connectivity index (χ0n) is 15.1. The van der Waals surface area contributed by atoms with Gasteiger partial charge in [-0.25, -0.2) is 9.97 Å². The van der Waals surface area contributed by atoms with Gasteiger partial charge >= 0.3 is 0 Å². The quantitative estimate of drug-likeness (QED) is 0.634. The Labute approximate surface area is 164 Å². The Morgan fingerprint density at radius 1 is 1.00 bits per heavy atom. The van der Waals surface area contributed by atoms with Crippen molar-refractivity contribution >= 4 is 23.5 Å². The van der Waals surface area contributed by atoms with E-state index in [1.165, 1.54) is 0 Å². The molecule has 0 atom stereocenters. The number of alkyl halides is 1. The van der Waals surface area contributed by atoms with Crippen LogP contribution >= 0.6 is 11.6 Å². The SMILES string of the molecule is CN(CCNC(=O)c1ccc(-c2ccc(CCl)cc2)cc1)c1ncccn1. The van der Waals surface area contributed by atoms with E-state index in [4.69, 9.17) is 11.6 Å². The van der Waals surface area contributed by atoms with Crippen LogP contribution in [0.2, 0.25) is 0 Å². The van der Waals surface area contributed by atoms with Crippen molar-refractivity contribution in [1.29, 1.82) is 0 Å². The second kappa shape index (κ2) is 9.14. The largest absolute Gasteiger partial charge is 0.350 e. The number of halogens is 1. The van der Waals surface area contributed by atoms with Crippen molar-refractivity contribution in [3.05, 3.63) is 78.1 Å². The maximum absolute atomic E-state index is 12.3. The summed E-state index contributed by atoms with van der Waals surface area (Å²) in [5, 5.41) is 2.92. The Bertz CT molecular complexity index is 867. The molecular formula is C21H21ClN4O. The van der Waals surface area contributed by atoms with Gasteiger partial charge in [-0.15, -0.1) is 11.6 Å². The third-order valence-corrected chi connectivity index (χ3v) is 4.52. The Kier molecular flexibility index (Phi) is 6.39. The van der Waals surface area contributed by atoms with Crippen LogP contribution in [0.4, 0.5) is 5.95 Å². The molecule has 0 unspecified atom stereocenters. The first-order chi connectivity index (χ1) is 13.2. The fourth-order valence-corrected chi connectivity index (χ4v) is 2.81. The molecule has 2 aromatic carbocycles. The van der Waals surface area contributed by atoms with E-state index in [9.17, 15) is 4.79 Å². The zero-order chi connectivity index (χ0) is 19.1. The minimum atomic E-state index is -0.0959. The fraction of sp³-hybridized carbons (Fsp3) is 0.190. The van der Waals surface area contributed by atoms with E-state index in [2.05, 4.69) is 15.3 Å². The third kappa shape index (κ3) is 5.05. The summed E-state index contributed by atoms with van der Waals surface area (Å²) in [6.45, 7) is 1.13. The van der Waals surface area contributed by atoms with Crippen molar-refractivity contribution in [1.82, 2.24) is 15.3 Å². The number of nitrogens with zero attached hydrogens (tertiary/aromatic N) is 3. The Hall–Kier alpha value is -2.92. The lowest BCUT2D eigenvalue weighted by molar-refractivity contribution is 0.0954. The second-order valence-electron chi connectivity index (χ2n) is 6.13. The third-order valence-electron chi connectivity index (χ3n) is 4.21. The van der Waals surface area contributed by atoms with Crippen LogP contribution in [0, 0.1) is 0 Å². The van der Waals surface area contributed by atoms with Gasteiger partial charge in [-0.1, -0.05) is 36.4 Å². The highest BCUT2D eigenvalue weighted by molar-refractivity contribution is 6.17. The number of rotatable bonds is 7. The topological polar surface area (TPSA) is 58.1 Å². The summed E-state index contributed by atoms with van der Waals surface area (Å²) in [6, 6.07) is 17.4. The van der Waals surface area contributed by atoms with Crippen molar-refractivity contribution in [3.63, 3.8) is 0 Å². The number of aromatic nitrogens is 2. The maximum Gasteiger partial charge on any atom is 0.251 e. The van der Waals surface area contributed by atoms with Gasteiger partial charge in [0, 0.05) is 44.0 Å². The fourth-order valence-electron chi connectivity index (χ4n) is 2.63. The molecule has 0 aliphatic carbocycles. The smallest absolute Gasteiger partial charge is 0.251 e. The molecule has 1 heterocycles. The number of hydrogen-bond acceptors (Lipinski definition) is 4. The summed E-state index contributed by atoms with van der Waals surface area (Å²) in [5.74, 6) is 1.04. The Morgan fingerprint density at radius 3 is 2.19 bits per heavy atom. The van der Waals surface area contributed by atoms with Crippen molar-refractivity contribution in [2.45, 2.75) is 5.88 Å². The van der Waals surface area contributed by atoms with Gasteiger partial charge in [0.1, 0.15) is 0 Å². The first-order valence-corrected chi connectivity index (χ1v) is 9.22. The van der Waals surface area contributed by atoms with Gasteiger partial charge < -0.3 is 10.2 Å². The van der Waals surface area contributed by atoms with Gasteiger partial charge in [0.2, 0.25) is 5.95 Å². The number of carbonyl (C=O) groups excluding carboxylic acids is 1. The van der Waals surface area contributed by atoms with E-state index in [0.29, 0.717) is 30.5 Å². The van der Waals surface area contributed by atoms with Crippen LogP contribution in [0.5, 0.6) is 0 Å². The van der Waals surface area contributed by atoms with E-state index in [-0.39, 0.29) is 5.91 Å². The molecule has 1 aromatic heterocycles. The van der Waals surface area contributed by atoms with Crippen LogP contribution in [0.25, 0.3) is 11.1 Å². The lowest BCUT2D eigenvalue weighted by atomic mass is 10.0. The summed E-state index contributed by atoms with van der Waals surface area (Å²) < 4.78 is 0. The number of benzene rings is 2. The van der Waals surface area contributed by atoms with Gasteiger partial charge in [0.25, 0.3) is 5.91 Å². The van der Waals surface area contributed by atoms with Gasteiger partial charge in [0.05, 0.1) is 0 Å². The van der Waals surface area contributed by atoms with E-state index in [0.717, 1.165) is 16.7 Å². The number of carbonyl (C=O) groups is 1. The highest BCUT2D eigenvalue weighted by atomic mass is 35.5. The molecule has 0 saturated heterocycles. The monoisotopic (exact) mass is 380 g/mol. The van der Waals surface area contributed by atoms with Crippen molar-refractivity contribution in [2.24, 2.45) is 0 Å². The lowest BCUT2D eigenvalue weighted by Crippen LogP contribution is -2.33. The molecule has 138 valence electrons. The van der Waals surface area contributed by atoms with Gasteiger partial charge in [-0.3, -0.25) is 4.79 Å². The van der Waals surface area contributed by atoms with Crippen LogP contribution in [0.15, 0.2) is 67.0 Å². The molecule has 1 amide bonds. The van der Waals surface area contributed by atoms with E-state index < -0.39 is 0 Å². The summed E-state index contributed by atoms with van der Waals surface area (Å²) in [6.07, 6.45) is 3.39. The van der Waals surface area contributed by atoms with Gasteiger partial charge in [0.15, 0.2) is 0 Å². The summed E-state index contributed by atoms with van der Waals surface area (Å²) in [7, 11) is 1.89. The predicted octanol–water partition coefficient (Wildman–Crippen LogP) is 3.75. The molecule has 27 heavy (non-hydrogen) atoms. The summed E-state index contributed by atoms with van der Waals surface area (Å²) in [4.78, 5) is 22.6. The maximum atomic E-state index is 12.3. The molecule has 5 nitrogen and oxygen atoms in total. The molecule has 0 aliphatic heterocycles. The van der Waals surface area contributed by atoms with Crippen LogP contribution in [-0.4, -0.2) is 36.0 Å². The van der Waals surface area contributed by atoms with Crippen LogP contribution in [0.1, 0.15) is 15.9 Å². The minimum Gasteiger partial charge on any atom is -0.350 e. The first-order valence-electron chi connectivity index (χ1n) is 8.69. The lowest BCUT2D eigenvalue weighted by Gasteiger charge is -2.16. The molecule has 0 saturated carbocycles. The molecule has 0 radical (unpaired) electrons. The molecule has 0 fully saturated rings. The molecule has 0 aliphatic rings. The highest BCUT2D eigenvalue weighted by Gasteiger charge is 2.07. The Balaban J connectivity index is 1.54. The minimum absolute atomic E-state index is 0.0959. The van der Waals surface area contributed by atoms with Crippen molar-refractivity contribution < 1.29 is 4.79 Å². The standard InChI is InChI=1S/C21H21ClN4O/c1-26(21-24-11-2-12-25-21)14-13-23-20(27)19-9-7-18(8-10-19)17-5-3-16(15-22)4-6-17/h2-12H,13-15H2,1H3,(H,23,27). The summed E-state index contributed by atoms with van der Waals surface area (Å²) in [5.41, 5.74) is 3.88. The van der Waals surface area contributed by atoms with Gasteiger partial charge in [-0.05, 0) is 34.9 Å².